The summed E-state index contributed by atoms with van der Waals surface area (Å²) in [5.74, 6) is -1.62. The number of likely N-dealkylation sites (N-methyl/N-ethyl adjacent to an activating group) is 1. The first-order chi connectivity index (χ1) is 38.3. The summed E-state index contributed by atoms with van der Waals surface area (Å²) < 4.78 is 20.1. The summed E-state index contributed by atoms with van der Waals surface area (Å²) in [5, 5.41) is 27.4. The smallest absolute Gasteiger partial charge is 0.269 e. The highest BCUT2D eigenvalue weighted by Crippen LogP contribution is 2.39. The lowest BCUT2D eigenvalue weighted by molar-refractivity contribution is -0.145. The zero-order valence-electron chi connectivity index (χ0n) is 48.5. The minimum Gasteiger partial charge on any atom is -0.494 e. The maximum Gasteiger partial charge on any atom is 0.269 e. The van der Waals surface area contributed by atoms with E-state index >= 15 is 0 Å². The molecule has 3 aliphatic rings. The number of rotatable bonds is 22. The maximum atomic E-state index is 14.3. The Kier molecular flexibility index (Phi) is 18.5. The Morgan fingerprint density at radius 2 is 1.63 bits per heavy atom. The molecule has 23 heteroatoms. The van der Waals surface area contributed by atoms with E-state index in [1.165, 1.54) is 12.0 Å². The Labute approximate surface area is 477 Å². The molecule has 0 saturated carbocycles. The minimum absolute atomic E-state index is 0.0358. The number of benzene rings is 2. The number of fused-ring (bicyclic) bond motifs is 3. The van der Waals surface area contributed by atoms with Gasteiger partial charge < -0.3 is 61.0 Å². The van der Waals surface area contributed by atoms with E-state index in [0.29, 0.717) is 47.7 Å². The van der Waals surface area contributed by atoms with Crippen LogP contribution in [0.3, 0.4) is 0 Å². The molecule has 0 radical (unpaired) electrons. The van der Waals surface area contributed by atoms with E-state index in [-0.39, 0.29) is 69.1 Å². The van der Waals surface area contributed by atoms with Crippen molar-refractivity contribution in [1.82, 2.24) is 50.5 Å². The first-order valence-electron chi connectivity index (χ1n) is 27.6. The third-order valence-corrected chi connectivity index (χ3v) is 16.1. The molecule has 0 spiro atoms. The Morgan fingerprint density at radius 1 is 0.914 bits per heavy atom. The van der Waals surface area contributed by atoms with Crippen molar-refractivity contribution in [2.75, 3.05) is 76.9 Å². The van der Waals surface area contributed by atoms with Gasteiger partial charge in [-0.3, -0.25) is 28.7 Å². The van der Waals surface area contributed by atoms with E-state index in [0.717, 1.165) is 64.7 Å². The van der Waals surface area contributed by atoms with E-state index < -0.39 is 52.5 Å². The van der Waals surface area contributed by atoms with Crippen LogP contribution in [0.1, 0.15) is 111 Å². The molecule has 0 unspecified atom stereocenters. The Bertz CT molecular complexity index is 3110. The number of nitrogens with zero attached hydrogens (tertiary/aromatic N) is 8. The van der Waals surface area contributed by atoms with E-state index in [4.69, 9.17) is 24.9 Å². The number of nitrogens with two attached hydrogens (primary N) is 1. The van der Waals surface area contributed by atoms with Crippen molar-refractivity contribution in [3.05, 3.63) is 81.7 Å². The van der Waals surface area contributed by atoms with Gasteiger partial charge in [-0.15, -0.1) is 11.3 Å². The molecule has 8 rings (SSSR count). The lowest BCUT2D eigenvalue weighted by atomic mass is 9.85. The predicted molar refractivity (Wildman–Crippen MR) is 309 cm³/mol. The van der Waals surface area contributed by atoms with Crippen molar-refractivity contribution in [3.63, 3.8) is 0 Å². The number of ether oxygens (including phenoxy) is 3. The van der Waals surface area contributed by atoms with Crippen LogP contribution in [0.25, 0.3) is 21.8 Å². The molecule has 7 N–H and O–H groups in total. The van der Waals surface area contributed by atoms with Gasteiger partial charge in [0.05, 0.1) is 82.8 Å². The minimum atomic E-state index is -0.995. The number of aryl methyl sites for hydroxylation is 3. The van der Waals surface area contributed by atoms with Gasteiger partial charge >= 0.3 is 0 Å². The Balaban J connectivity index is 0.834. The number of thiazole rings is 1. The molecule has 2 aromatic carbocycles. The number of aliphatic hydroxyl groups excluding tert-OH is 1. The number of anilines is 3. The average Bonchev–Trinajstić information content (AvgIpc) is 4.38. The van der Waals surface area contributed by atoms with Crippen molar-refractivity contribution in [2.45, 2.75) is 123 Å². The number of aliphatic hydroxyl groups is 1. The van der Waals surface area contributed by atoms with Crippen molar-refractivity contribution >= 4 is 58.2 Å². The molecule has 436 valence electrons. The lowest BCUT2D eigenvalue weighted by Crippen LogP contribution is -2.58. The molecule has 5 amide bonds. The van der Waals surface area contributed by atoms with Gasteiger partial charge in [0.2, 0.25) is 23.7 Å². The Hall–Kier alpha value is -7.05. The largest absolute Gasteiger partial charge is 0.494 e. The second-order valence-electron chi connectivity index (χ2n) is 23.6. The second kappa shape index (κ2) is 25.0. The molecule has 5 aromatic rings. The number of carbonyl (C=O) groups is 5. The standard InChI is InChI=1S/C58H79N13O9S/c1-34-49(81-33-63-34)36-14-12-35(13-15-36)30-61-53(76)43-28-39(72)32-71(43)54(77)50(56(2,3)4)65-44(73)29-58(7,8)79-24-18-57(5,6)80-25-19-60-52(75)41-26-38(70-22-20-68(9)21-23-70)27-42(48(41)78-11)64-55-62-31-37-16-17-40-46(51(59)74)67-69(10)47(40)45(37)66-55/h12-15,26-27,31,33,39,43,50,72H,16-25,28-30,32H2,1-11H3,(H2,59,74)(H,60,75)(H,61,76)(H,65,73)(H,62,64,66)/t39-,43+,50-/m1/s1. The number of aromatic nitrogens is 5. The molecule has 0 bridgehead atoms. The SMILES string of the molecule is COc1c(Nc2ncc3c(n2)-c2c(c(C(N)=O)nn2C)CC3)cc(N2CCN(C)CC2)cc1C(=O)NCCOC(C)(C)CCOC(C)(C)CC(=O)N[C@H](C(=O)N1C[C@H](O)C[C@H]1C(=O)NCc1ccc(-c2scnc2C)cc1)C(C)(C)C. The third-order valence-electron chi connectivity index (χ3n) is 15.1. The molecular formula is C58H79N13O9S. The number of primary amides is 1. The topological polar surface area (TPSA) is 274 Å². The highest BCUT2D eigenvalue weighted by atomic mass is 32.1. The van der Waals surface area contributed by atoms with Gasteiger partial charge in [0.25, 0.3) is 11.8 Å². The summed E-state index contributed by atoms with van der Waals surface area (Å²) in [5.41, 5.74) is 12.9. The van der Waals surface area contributed by atoms with Gasteiger partial charge in [-0.25, -0.2) is 15.0 Å². The summed E-state index contributed by atoms with van der Waals surface area (Å²) >= 11 is 1.57. The number of amides is 5. The van der Waals surface area contributed by atoms with Crippen LogP contribution < -0.4 is 36.6 Å². The van der Waals surface area contributed by atoms with Crippen LogP contribution in [0.15, 0.2) is 48.1 Å². The average molecular weight is 1130 g/mol. The maximum absolute atomic E-state index is 14.3. The summed E-state index contributed by atoms with van der Waals surface area (Å²) in [6.45, 7) is 19.0. The number of nitrogens with one attached hydrogen (secondary N) is 4. The normalized spacial score (nSPS) is 17.0. The molecule has 3 aromatic heterocycles. The fourth-order valence-corrected chi connectivity index (χ4v) is 11.4. The molecule has 1 aliphatic carbocycles. The van der Waals surface area contributed by atoms with Crippen molar-refractivity contribution in [1.29, 1.82) is 0 Å². The van der Waals surface area contributed by atoms with E-state index in [1.54, 1.807) is 29.3 Å². The quantitative estimate of drug-likeness (QED) is 0.0502. The van der Waals surface area contributed by atoms with E-state index in [9.17, 15) is 29.1 Å². The number of hydrogen-bond acceptors (Lipinski definition) is 17. The summed E-state index contributed by atoms with van der Waals surface area (Å²) in [7, 11) is 5.34. The molecular weight excluding hydrogens is 1050 g/mol. The number of β-amino-alcohol motifs (C(OH)–C–C–N with tert-alkyl or cyclic N) is 1. The number of carbonyl (C=O) groups excluding carboxylic acids is 5. The van der Waals surface area contributed by atoms with Crippen LogP contribution in [0.5, 0.6) is 5.75 Å². The summed E-state index contributed by atoms with van der Waals surface area (Å²) in [4.78, 5) is 88.9. The van der Waals surface area contributed by atoms with Crippen LogP contribution in [-0.2, 0) is 50.3 Å². The number of methoxy groups -OCH3 is 1. The number of likely N-dealkylation sites (tertiary alicyclic amines) is 1. The van der Waals surface area contributed by atoms with E-state index in [2.05, 4.69) is 53.2 Å². The van der Waals surface area contributed by atoms with Crippen LogP contribution in [0.4, 0.5) is 17.3 Å². The molecule has 81 heavy (non-hydrogen) atoms. The first-order valence-corrected chi connectivity index (χ1v) is 28.4. The highest BCUT2D eigenvalue weighted by molar-refractivity contribution is 7.13. The monoisotopic (exact) mass is 1130 g/mol. The van der Waals surface area contributed by atoms with Gasteiger partial charge in [0.1, 0.15) is 12.1 Å². The number of hydrogen-bond donors (Lipinski definition) is 6. The van der Waals surface area contributed by atoms with Gasteiger partial charge in [-0.2, -0.15) is 5.10 Å². The summed E-state index contributed by atoms with van der Waals surface area (Å²) in [6.07, 6.45) is 2.54. The highest BCUT2D eigenvalue weighted by Gasteiger charge is 2.45. The van der Waals surface area contributed by atoms with Crippen molar-refractivity contribution in [3.8, 4) is 27.6 Å². The van der Waals surface area contributed by atoms with Crippen LogP contribution in [0, 0.1) is 12.3 Å². The molecule has 2 saturated heterocycles. The van der Waals surface area contributed by atoms with E-state index in [1.807, 2.05) is 97.3 Å². The van der Waals surface area contributed by atoms with Gasteiger partial charge in [-0.05, 0) is 95.2 Å². The van der Waals surface area contributed by atoms with Crippen molar-refractivity contribution in [2.24, 2.45) is 18.2 Å². The van der Waals surface area contributed by atoms with Gasteiger partial charge in [0.15, 0.2) is 11.4 Å². The van der Waals surface area contributed by atoms with Crippen LogP contribution in [-0.4, -0.2) is 165 Å². The second-order valence-corrected chi connectivity index (χ2v) is 24.4. The van der Waals surface area contributed by atoms with Crippen LogP contribution >= 0.6 is 11.3 Å². The zero-order valence-corrected chi connectivity index (χ0v) is 49.3. The Morgan fingerprint density at radius 3 is 2.30 bits per heavy atom. The fraction of sp³-hybridized carbons (Fsp3) is 0.534. The molecule has 5 heterocycles. The fourth-order valence-electron chi connectivity index (χ4n) is 10.5. The van der Waals surface area contributed by atoms with Crippen LogP contribution in [0.2, 0.25) is 0 Å². The molecule has 2 fully saturated rings. The van der Waals surface area contributed by atoms with Crippen molar-refractivity contribution < 1.29 is 43.3 Å². The molecule has 2 aliphatic heterocycles. The first kappa shape index (κ1) is 60.1. The number of piperazine rings is 1. The van der Waals surface area contributed by atoms with Gasteiger partial charge in [0, 0.05) is 76.7 Å². The predicted octanol–water partition coefficient (Wildman–Crippen LogP) is 4.92. The molecule has 22 nitrogen and oxygen atoms in total. The summed E-state index contributed by atoms with van der Waals surface area (Å²) in [6, 6.07) is 9.73. The molecule has 3 atom stereocenters. The lowest BCUT2D eigenvalue weighted by Gasteiger charge is -2.36. The van der Waals surface area contributed by atoms with Gasteiger partial charge in [-0.1, -0.05) is 45.0 Å². The zero-order chi connectivity index (χ0) is 58.6. The third kappa shape index (κ3) is 14.5.